The molecule has 4 nitrogen and oxygen atoms in total. The molecule has 0 aromatic rings. The summed E-state index contributed by atoms with van der Waals surface area (Å²) in [4.78, 5) is 0. The molecule has 1 rings (SSSR count). The molecular weight excluding hydrogens is 230 g/mol. The molecule has 4 heteroatoms. The number of ether oxygens (including phenoxy) is 3. The first-order valence-electron chi connectivity index (χ1n) is 7.02. The molecule has 0 aliphatic heterocycles. The van der Waals surface area contributed by atoms with Crippen molar-refractivity contribution in [1.82, 2.24) is 5.32 Å². The van der Waals surface area contributed by atoms with E-state index in [1.165, 1.54) is 19.3 Å². The van der Waals surface area contributed by atoms with E-state index in [4.69, 9.17) is 14.2 Å². The van der Waals surface area contributed by atoms with Gasteiger partial charge in [-0.15, -0.1) is 0 Å². The van der Waals surface area contributed by atoms with E-state index in [-0.39, 0.29) is 0 Å². The summed E-state index contributed by atoms with van der Waals surface area (Å²) in [6.45, 7) is 9.03. The van der Waals surface area contributed by atoms with E-state index in [9.17, 15) is 0 Å². The molecule has 1 fully saturated rings. The second-order valence-corrected chi connectivity index (χ2v) is 5.78. The molecule has 0 aromatic heterocycles. The van der Waals surface area contributed by atoms with Crippen LogP contribution >= 0.6 is 0 Å². The second-order valence-electron chi connectivity index (χ2n) is 5.78. The van der Waals surface area contributed by atoms with Gasteiger partial charge in [-0.05, 0) is 24.7 Å². The molecule has 1 aliphatic carbocycles. The summed E-state index contributed by atoms with van der Waals surface area (Å²) in [5, 5.41) is 3.56. The minimum atomic E-state index is 0.522. The van der Waals surface area contributed by atoms with Gasteiger partial charge in [0.15, 0.2) is 0 Å². The zero-order chi connectivity index (χ0) is 13.3. The van der Waals surface area contributed by atoms with E-state index in [1.54, 1.807) is 7.11 Å². The lowest BCUT2D eigenvalue weighted by Crippen LogP contribution is -2.30. The third kappa shape index (κ3) is 7.31. The third-order valence-corrected chi connectivity index (χ3v) is 3.45. The van der Waals surface area contributed by atoms with E-state index >= 15 is 0 Å². The van der Waals surface area contributed by atoms with Gasteiger partial charge in [-0.2, -0.15) is 0 Å². The fourth-order valence-electron chi connectivity index (χ4n) is 2.41. The summed E-state index contributed by atoms with van der Waals surface area (Å²) in [6, 6.07) is 0.682. The Hall–Kier alpha value is -0.160. The lowest BCUT2D eigenvalue weighted by atomic mass is 9.92. The van der Waals surface area contributed by atoms with Gasteiger partial charge >= 0.3 is 0 Å². The van der Waals surface area contributed by atoms with Gasteiger partial charge in [0, 0.05) is 19.7 Å². The van der Waals surface area contributed by atoms with Gasteiger partial charge in [0.05, 0.1) is 33.0 Å². The van der Waals surface area contributed by atoms with Gasteiger partial charge in [0.25, 0.3) is 0 Å². The van der Waals surface area contributed by atoms with Crippen LogP contribution in [0.25, 0.3) is 0 Å². The Kier molecular flexibility index (Phi) is 7.82. The topological polar surface area (TPSA) is 39.7 Å². The second kappa shape index (κ2) is 8.86. The molecule has 0 saturated heterocycles. The quantitative estimate of drug-likeness (QED) is 0.608. The molecule has 1 atom stereocenters. The molecule has 1 saturated carbocycles. The first-order chi connectivity index (χ1) is 8.64. The molecule has 0 aromatic carbocycles. The van der Waals surface area contributed by atoms with Crippen LogP contribution in [0.3, 0.4) is 0 Å². The van der Waals surface area contributed by atoms with Crippen LogP contribution in [0.15, 0.2) is 0 Å². The fourth-order valence-corrected chi connectivity index (χ4v) is 2.41. The number of hydrogen-bond donors (Lipinski definition) is 1. The highest BCUT2D eigenvalue weighted by molar-refractivity contribution is 4.86. The van der Waals surface area contributed by atoms with Crippen LogP contribution in [0.2, 0.25) is 0 Å². The van der Waals surface area contributed by atoms with Gasteiger partial charge < -0.3 is 19.5 Å². The fraction of sp³-hybridized carbons (Fsp3) is 1.00. The Morgan fingerprint density at radius 3 is 2.33 bits per heavy atom. The zero-order valence-electron chi connectivity index (χ0n) is 12.2. The zero-order valence-corrected chi connectivity index (χ0v) is 12.2. The van der Waals surface area contributed by atoms with Crippen LogP contribution in [-0.4, -0.2) is 52.7 Å². The molecule has 0 spiro atoms. The predicted octanol–water partition coefficient (Wildman–Crippen LogP) is 1.83. The van der Waals surface area contributed by atoms with Crippen molar-refractivity contribution in [3.63, 3.8) is 0 Å². The SMILES string of the molecule is COCCOCCOCCNC1CCC(C)(C)C1. The molecule has 0 bridgehead atoms. The minimum absolute atomic E-state index is 0.522. The molecule has 1 unspecified atom stereocenters. The van der Waals surface area contributed by atoms with E-state index < -0.39 is 0 Å². The van der Waals surface area contributed by atoms with E-state index in [2.05, 4.69) is 19.2 Å². The standard InChI is InChI=1S/C14H29NO3/c1-14(2)5-4-13(12-14)15-6-7-17-10-11-18-9-8-16-3/h13,15H,4-12H2,1-3H3. The maximum absolute atomic E-state index is 5.50. The Morgan fingerprint density at radius 1 is 1.06 bits per heavy atom. The highest BCUT2D eigenvalue weighted by Gasteiger charge is 2.30. The van der Waals surface area contributed by atoms with Crippen molar-refractivity contribution in [2.45, 2.75) is 39.2 Å². The lowest BCUT2D eigenvalue weighted by Gasteiger charge is -2.17. The summed E-state index contributed by atoms with van der Waals surface area (Å²) in [7, 11) is 1.68. The van der Waals surface area contributed by atoms with Crippen LogP contribution in [0.5, 0.6) is 0 Å². The first kappa shape index (κ1) is 15.9. The largest absolute Gasteiger partial charge is 0.382 e. The molecule has 108 valence electrons. The van der Waals surface area contributed by atoms with Gasteiger partial charge in [0.2, 0.25) is 0 Å². The summed E-state index contributed by atoms with van der Waals surface area (Å²) < 4.78 is 15.7. The maximum atomic E-state index is 5.50. The molecular formula is C14H29NO3. The van der Waals surface area contributed by atoms with Crippen molar-refractivity contribution in [2.24, 2.45) is 5.41 Å². The number of rotatable bonds is 10. The van der Waals surface area contributed by atoms with E-state index in [0.29, 0.717) is 37.9 Å². The monoisotopic (exact) mass is 259 g/mol. The minimum Gasteiger partial charge on any atom is -0.382 e. The van der Waals surface area contributed by atoms with Crippen molar-refractivity contribution in [1.29, 1.82) is 0 Å². The summed E-state index contributed by atoms with van der Waals surface area (Å²) >= 11 is 0. The normalized spacial score (nSPS) is 22.5. The van der Waals surface area contributed by atoms with Crippen molar-refractivity contribution < 1.29 is 14.2 Å². The summed E-state index contributed by atoms with van der Waals surface area (Å²) in [5.74, 6) is 0. The molecule has 18 heavy (non-hydrogen) atoms. The Morgan fingerprint density at radius 2 is 1.72 bits per heavy atom. The maximum Gasteiger partial charge on any atom is 0.0701 e. The predicted molar refractivity (Wildman–Crippen MR) is 72.9 cm³/mol. The van der Waals surface area contributed by atoms with Gasteiger partial charge in [-0.1, -0.05) is 13.8 Å². The molecule has 1 N–H and O–H groups in total. The smallest absolute Gasteiger partial charge is 0.0701 e. The van der Waals surface area contributed by atoms with Gasteiger partial charge in [-0.3, -0.25) is 0 Å². The molecule has 1 aliphatic rings. The molecule has 0 radical (unpaired) electrons. The highest BCUT2D eigenvalue weighted by Crippen LogP contribution is 2.36. The van der Waals surface area contributed by atoms with Crippen LogP contribution in [0.1, 0.15) is 33.1 Å². The number of methoxy groups -OCH3 is 1. The number of nitrogens with one attached hydrogen (secondary N) is 1. The van der Waals surface area contributed by atoms with Crippen molar-refractivity contribution in [2.75, 3.05) is 46.7 Å². The Bertz CT molecular complexity index is 209. The van der Waals surface area contributed by atoms with E-state index in [0.717, 1.165) is 13.2 Å². The average molecular weight is 259 g/mol. The first-order valence-corrected chi connectivity index (χ1v) is 7.02. The van der Waals surface area contributed by atoms with Crippen molar-refractivity contribution in [3.8, 4) is 0 Å². The molecule has 0 amide bonds. The summed E-state index contributed by atoms with van der Waals surface area (Å²) in [5.41, 5.74) is 0.522. The third-order valence-electron chi connectivity index (χ3n) is 3.45. The van der Waals surface area contributed by atoms with Crippen LogP contribution in [0.4, 0.5) is 0 Å². The van der Waals surface area contributed by atoms with Crippen molar-refractivity contribution >= 4 is 0 Å². The lowest BCUT2D eigenvalue weighted by molar-refractivity contribution is 0.0252. The molecule has 0 heterocycles. The average Bonchev–Trinajstić information content (AvgIpc) is 2.67. The van der Waals surface area contributed by atoms with Gasteiger partial charge in [0.1, 0.15) is 0 Å². The number of hydrogen-bond acceptors (Lipinski definition) is 4. The van der Waals surface area contributed by atoms with Crippen molar-refractivity contribution in [3.05, 3.63) is 0 Å². The Balaban J connectivity index is 1.82. The highest BCUT2D eigenvalue weighted by atomic mass is 16.5. The van der Waals surface area contributed by atoms with Crippen LogP contribution < -0.4 is 5.32 Å². The van der Waals surface area contributed by atoms with Gasteiger partial charge in [-0.25, -0.2) is 0 Å². The van der Waals surface area contributed by atoms with E-state index in [1.807, 2.05) is 0 Å². The summed E-state index contributed by atoms with van der Waals surface area (Å²) in [6.07, 6.45) is 3.92. The van der Waals surface area contributed by atoms with Crippen LogP contribution in [-0.2, 0) is 14.2 Å². The van der Waals surface area contributed by atoms with Crippen LogP contribution in [0, 0.1) is 5.41 Å². The Labute approximate surface area is 111 Å².